The second kappa shape index (κ2) is 9.53. The molecule has 0 amide bonds. The molecule has 35 heavy (non-hydrogen) atoms. The van der Waals surface area contributed by atoms with Crippen molar-refractivity contribution >= 4 is 11.7 Å². The summed E-state index contributed by atoms with van der Waals surface area (Å²) in [6.07, 6.45) is 5.17. The molecule has 0 aliphatic heterocycles. The number of fused-ring (bicyclic) bond motifs is 3. The Kier molecular flexibility index (Phi) is 6.44. The number of carbonyl (C=O) groups is 1. The summed E-state index contributed by atoms with van der Waals surface area (Å²) < 4.78 is 5.32. The van der Waals surface area contributed by atoms with Crippen molar-refractivity contribution in [2.24, 2.45) is 11.3 Å². The van der Waals surface area contributed by atoms with Crippen LogP contribution in [0.25, 0.3) is 0 Å². The Bertz CT molecular complexity index is 1130. The van der Waals surface area contributed by atoms with Gasteiger partial charge in [0, 0.05) is 18.8 Å². The number of carbonyl (C=O) groups excluding carboxylic acids is 1. The lowest BCUT2D eigenvalue weighted by Crippen LogP contribution is -2.52. The topological polar surface area (TPSA) is 29.5 Å². The number of aryl methyl sites for hydroxylation is 1. The van der Waals surface area contributed by atoms with Gasteiger partial charge in [0.05, 0.1) is 12.5 Å². The molecule has 0 spiro atoms. The third kappa shape index (κ3) is 4.37. The van der Waals surface area contributed by atoms with E-state index in [0.717, 1.165) is 45.2 Å². The second-order valence-corrected chi connectivity index (χ2v) is 10.9. The SMILES string of the molecule is COC(=O)[C@@]1(C)CCC[C@]2(C)c3cc(N(Cc4ccccc4)Cc4ccccc4)ccc3CC[C@@H]12. The maximum Gasteiger partial charge on any atom is 0.311 e. The molecule has 1 fully saturated rings. The van der Waals surface area contributed by atoms with Crippen molar-refractivity contribution in [1.82, 2.24) is 0 Å². The molecule has 3 heteroatoms. The normalized spacial score (nSPS) is 25.3. The fourth-order valence-corrected chi connectivity index (χ4v) is 6.97. The zero-order valence-electron chi connectivity index (χ0n) is 21.3. The monoisotopic (exact) mass is 467 g/mol. The zero-order chi connectivity index (χ0) is 24.5. The maximum absolute atomic E-state index is 12.9. The molecule has 0 bridgehead atoms. The number of esters is 1. The van der Waals surface area contributed by atoms with Gasteiger partial charge in [0.15, 0.2) is 0 Å². The molecule has 5 rings (SSSR count). The van der Waals surface area contributed by atoms with E-state index in [1.165, 1.54) is 27.9 Å². The highest BCUT2D eigenvalue weighted by molar-refractivity contribution is 5.77. The number of methoxy groups -OCH3 is 1. The third-order valence-corrected chi connectivity index (χ3v) is 8.79. The Balaban J connectivity index is 1.54. The van der Waals surface area contributed by atoms with Crippen molar-refractivity contribution in [3.05, 3.63) is 101 Å². The molecular formula is C32H37NO2. The van der Waals surface area contributed by atoms with Gasteiger partial charge in [-0.05, 0) is 78.3 Å². The van der Waals surface area contributed by atoms with Gasteiger partial charge in [0.1, 0.15) is 0 Å². The predicted molar refractivity (Wildman–Crippen MR) is 142 cm³/mol. The highest BCUT2D eigenvalue weighted by atomic mass is 16.5. The van der Waals surface area contributed by atoms with Crippen LogP contribution in [0.15, 0.2) is 78.9 Å². The third-order valence-electron chi connectivity index (χ3n) is 8.79. The summed E-state index contributed by atoms with van der Waals surface area (Å²) in [5.74, 6) is 0.262. The molecule has 0 aromatic heterocycles. The van der Waals surface area contributed by atoms with Crippen LogP contribution in [0.1, 0.15) is 61.8 Å². The highest BCUT2D eigenvalue weighted by Gasteiger charge is 2.55. The number of rotatable bonds is 6. The van der Waals surface area contributed by atoms with Crippen LogP contribution < -0.4 is 4.90 Å². The van der Waals surface area contributed by atoms with Crippen LogP contribution in [-0.4, -0.2) is 13.1 Å². The van der Waals surface area contributed by atoms with E-state index >= 15 is 0 Å². The van der Waals surface area contributed by atoms with Gasteiger partial charge in [0.2, 0.25) is 0 Å². The fourth-order valence-electron chi connectivity index (χ4n) is 6.97. The summed E-state index contributed by atoms with van der Waals surface area (Å²) >= 11 is 0. The van der Waals surface area contributed by atoms with Gasteiger partial charge in [0.25, 0.3) is 0 Å². The molecule has 2 aliphatic rings. The first-order valence-corrected chi connectivity index (χ1v) is 13.0. The Labute approximate surface area is 210 Å². The van der Waals surface area contributed by atoms with Gasteiger partial charge in [-0.3, -0.25) is 4.79 Å². The highest BCUT2D eigenvalue weighted by Crippen LogP contribution is 2.58. The average Bonchev–Trinajstić information content (AvgIpc) is 2.89. The van der Waals surface area contributed by atoms with Gasteiger partial charge >= 0.3 is 5.97 Å². The summed E-state index contributed by atoms with van der Waals surface area (Å²) in [5, 5.41) is 0. The molecule has 3 aromatic carbocycles. The fraction of sp³-hybridized carbons (Fsp3) is 0.406. The van der Waals surface area contributed by atoms with Crippen LogP contribution in [-0.2, 0) is 34.5 Å². The molecule has 0 unspecified atom stereocenters. The molecule has 0 N–H and O–H groups in total. The van der Waals surface area contributed by atoms with Crippen molar-refractivity contribution in [2.75, 3.05) is 12.0 Å². The van der Waals surface area contributed by atoms with E-state index < -0.39 is 5.41 Å². The number of anilines is 1. The second-order valence-electron chi connectivity index (χ2n) is 10.9. The van der Waals surface area contributed by atoms with Gasteiger partial charge in [-0.25, -0.2) is 0 Å². The number of ether oxygens (including phenoxy) is 1. The van der Waals surface area contributed by atoms with E-state index in [0.29, 0.717) is 5.92 Å². The van der Waals surface area contributed by atoms with Crippen LogP contribution in [0.2, 0.25) is 0 Å². The molecule has 2 aliphatic carbocycles. The molecular weight excluding hydrogens is 430 g/mol. The van der Waals surface area contributed by atoms with E-state index in [1.54, 1.807) is 7.11 Å². The Morgan fingerprint density at radius 3 is 2.14 bits per heavy atom. The molecule has 0 heterocycles. The van der Waals surface area contributed by atoms with Crippen LogP contribution in [0.5, 0.6) is 0 Å². The number of hydrogen-bond donors (Lipinski definition) is 0. The first-order valence-electron chi connectivity index (χ1n) is 13.0. The molecule has 1 saturated carbocycles. The number of hydrogen-bond acceptors (Lipinski definition) is 3. The number of benzene rings is 3. The first-order chi connectivity index (χ1) is 16.9. The number of nitrogens with zero attached hydrogens (tertiary/aromatic N) is 1. The van der Waals surface area contributed by atoms with Crippen molar-refractivity contribution in [1.29, 1.82) is 0 Å². The molecule has 3 nitrogen and oxygen atoms in total. The van der Waals surface area contributed by atoms with Gasteiger partial charge in [-0.2, -0.15) is 0 Å². The maximum atomic E-state index is 12.9. The Morgan fingerprint density at radius 1 is 0.914 bits per heavy atom. The summed E-state index contributed by atoms with van der Waals surface area (Å²) in [6, 6.07) is 28.5. The minimum absolute atomic E-state index is 0.0179. The van der Waals surface area contributed by atoms with E-state index in [-0.39, 0.29) is 11.4 Å². The van der Waals surface area contributed by atoms with Crippen LogP contribution in [0, 0.1) is 11.3 Å². The molecule has 182 valence electrons. The lowest BCUT2D eigenvalue weighted by atomic mass is 9.50. The average molecular weight is 468 g/mol. The van der Waals surface area contributed by atoms with Gasteiger partial charge in [-0.1, -0.05) is 80.1 Å². The molecule has 3 aromatic rings. The first kappa shape index (κ1) is 23.7. The lowest BCUT2D eigenvalue weighted by molar-refractivity contribution is -0.161. The smallest absolute Gasteiger partial charge is 0.311 e. The zero-order valence-corrected chi connectivity index (χ0v) is 21.3. The largest absolute Gasteiger partial charge is 0.469 e. The minimum atomic E-state index is -0.413. The quantitative estimate of drug-likeness (QED) is 0.363. The van der Waals surface area contributed by atoms with E-state index in [4.69, 9.17) is 4.74 Å². The molecule has 0 radical (unpaired) electrons. The predicted octanol–water partition coefficient (Wildman–Crippen LogP) is 7.08. The van der Waals surface area contributed by atoms with Crippen LogP contribution in [0.3, 0.4) is 0 Å². The van der Waals surface area contributed by atoms with Crippen LogP contribution in [0.4, 0.5) is 5.69 Å². The van der Waals surface area contributed by atoms with Gasteiger partial charge in [-0.15, -0.1) is 0 Å². The molecule has 0 saturated heterocycles. The van der Waals surface area contributed by atoms with E-state index in [1.807, 2.05) is 0 Å². The van der Waals surface area contributed by atoms with Crippen molar-refractivity contribution in [3.8, 4) is 0 Å². The van der Waals surface area contributed by atoms with E-state index in [2.05, 4.69) is 97.6 Å². The van der Waals surface area contributed by atoms with Crippen LogP contribution >= 0.6 is 0 Å². The van der Waals surface area contributed by atoms with Crippen molar-refractivity contribution in [3.63, 3.8) is 0 Å². The summed E-state index contributed by atoms with van der Waals surface area (Å²) in [6.45, 7) is 6.26. The standard InChI is InChI=1S/C32H37NO2/c1-31-19-10-20-32(2,30(34)35-3)29(31)18-16-26-15-17-27(21-28(26)31)33(22-24-11-6-4-7-12-24)23-25-13-8-5-9-14-25/h4-9,11-15,17,21,29H,10,16,18-20,22-23H2,1-3H3/t29-,31-,32+/m1/s1. The minimum Gasteiger partial charge on any atom is -0.469 e. The Morgan fingerprint density at radius 2 is 1.54 bits per heavy atom. The Hall–Kier alpha value is -3.07. The summed E-state index contributed by atoms with van der Waals surface area (Å²) in [7, 11) is 1.54. The summed E-state index contributed by atoms with van der Waals surface area (Å²) in [5.41, 5.74) is 6.32. The van der Waals surface area contributed by atoms with E-state index in [9.17, 15) is 4.79 Å². The van der Waals surface area contributed by atoms with Crippen molar-refractivity contribution < 1.29 is 9.53 Å². The lowest BCUT2D eigenvalue weighted by Gasteiger charge is -2.54. The summed E-state index contributed by atoms with van der Waals surface area (Å²) in [4.78, 5) is 15.4. The van der Waals surface area contributed by atoms with Gasteiger partial charge < -0.3 is 9.64 Å². The van der Waals surface area contributed by atoms with Crippen molar-refractivity contribution in [2.45, 2.75) is 64.5 Å². The molecule has 3 atom stereocenters.